The van der Waals surface area contributed by atoms with Crippen LogP contribution in [0.15, 0.2) is 18.2 Å². The van der Waals surface area contributed by atoms with E-state index >= 15 is 0 Å². The quantitative estimate of drug-likeness (QED) is 0.579. The number of benzene rings is 1. The van der Waals surface area contributed by atoms with Crippen molar-refractivity contribution in [3.05, 3.63) is 28.8 Å². The minimum atomic E-state index is -0.509. The second-order valence-electron chi connectivity index (χ2n) is 3.03. The maximum Gasteiger partial charge on any atom is 0.340 e. The SMILES string of the molecule is COCOC(=O)c1ccc(Cl)c(OCOC)c1. The van der Waals surface area contributed by atoms with Gasteiger partial charge in [-0.15, -0.1) is 0 Å². The fourth-order valence-electron chi connectivity index (χ4n) is 1.06. The third kappa shape index (κ3) is 4.22. The first-order valence-electron chi connectivity index (χ1n) is 4.76. The second-order valence-corrected chi connectivity index (χ2v) is 3.44. The van der Waals surface area contributed by atoms with Crippen molar-refractivity contribution in [2.75, 3.05) is 27.8 Å². The van der Waals surface area contributed by atoms with Gasteiger partial charge in [0.2, 0.25) is 0 Å². The Bertz CT molecular complexity index is 380. The zero-order valence-electron chi connectivity index (χ0n) is 9.57. The molecule has 1 aromatic carbocycles. The Hall–Kier alpha value is -1.30. The van der Waals surface area contributed by atoms with Crippen molar-refractivity contribution in [1.82, 2.24) is 0 Å². The molecule has 0 unspecified atom stereocenters. The van der Waals surface area contributed by atoms with Crippen molar-refractivity contribution >= 4 is 17.6 Å². The van der Waals surface area contributed by atoms with Crippen LogP contribution in [0, 0.1) is 0 Å². The molecule has 0 bridgehead atoms. The Balaban J connectivity index is 2.76. The minimum Gasteiger partial charge on any atom is -0.466 e. The third-order valence-corrected chi connectivity index (χ3v) is 2.12. The van der Waals surface area contributed by atoms with Crippen molar-refractivity contribution in [3.63, 3.8) is 0 Å². The summed E-state index contributed by atoms with van der Waals surface area (Å²) in [6.45, 7) is -0.0496. The molecule has 0 heterocycles. The van der Waals surface area contributed by atoms with E-state index in [0.29, 0.717) is 16.3 Å². The maximum absolute atomic E-state index is 11.5. The van der Waals surface area contributed by atoms with Gasteiger partial charge in [0, 0.05) is 14.2 Å². The molecular weight excluding hydrogens is 248 g/mol. The molecule has 1 aromatic rings. The summed E-state index contributed by atoms with van der Waals surface area (Å²) < 4.78 is 19.4. The average molecular weight is 261 g/mol. The average Bonchev–Trinajstić information content (AvgIpc) is 2.35. The lowest BCUT2D eigenvalue weighted by molar-refractivity contribution is -0.0125. The third-order valence-electron chi connectivity index (χ3n) is 1.81. The number of hydrogen-bond donors (Lipinski definition) is 0. The lowest BCUT2D eigenvalue weighted by atomic mass is 10.2. The zero-order valence-corrected chi connectivity index (χ0v) is 10.3. The highest BCUT2D eigenvalue weighted by atomic mass is 35.5. The van der Waals surface area contributed by atoms with Crippen LogP contribution in [0.3, 0.4) is 0 Å². The predicted molar refractivity (Wildman–Crippen MR) is 61.2 cm³/mol. The highest BCUT2D eigenvalue weighted by Crippen LogP contribution is 2.25. The Kier molecular flexibility index (Phi) is 5.76. The lowest BCUT2D eigenvalue weighted by Crippen LogP contribution is -2.08. The Morgan fingerprint density at radius 2 is 1.94 bits per heavy atom. The molecule has 6 heteroatoms. The molecule has 0 spiro atoms. The molecule has 0 aliphatic heterocycles. The van der Waals surface area contributed by atoms with Gasteiger partial charge >= 0.3 is 5.97 Å². The molecule has 0 aliphatic carbocycles. The highest BCUT2D eigenvalue weighted by Gasteiger charge is 2.10. The Morgan fingerprint density at radius 3 is 2.59 bits per heavy atom. The van der Waals surface area contributed by atoms with Crippen molar-refractivity contribution in [2.24, 2.45) is 0 Å². The largest absolute Gasteiger partial charge is 0.466 e. The summed E-state index contributed by atoms with van der Waals surface area (Å²) in [6.07, 6.45) is 0. The van der Waals surface area contributed by atoms with E-state index in [1.807, 2.05) is 0 Å². The van der Waals surface area contributed by atoms with E-state index in [9.17, 15) is 4.79 Å². The molecular formula is C11H13ClO5. The van der Waals surface area contributed by atoms with Crippen LogP contribution in [0.25, 0.3) is 0 Å². The molecule has 0 atom stereocenters. The summed E-state index contributed by atoms with van der Waals surface area (Å²) in [4.78, 5) is 11.5. The number of methoxy groups -OCH3 is 2. The molecule has 0 saturated heterocycles. The summed E-state index contributed by atoms with van der Waals surface area (Å²) in [7, 11) is 2.92. The molecule has 5 nitrogen and oxygen atoms in total. The van der Waals surface area contributed by atoms with Crippen LogP contribution < -0.4 is 4.74 Å². The first kappa shape index (κ1) is 13.8. The van der Waals surface area contributed by atoms with E-state index < -0.39 is 5.97 Å². The first-order chi connectivity index (χ1) is 8.19. The number of hydrogen-bond acceptors (Lipinski definition) is 5. The van der Waals surface area contributed by atoms with E-state index in [0.717, 1.165) is 0 Å². The second kappa shape index (κ2) is 7.11. The fourth-order valence-corrected chi connectivity index (χ4v) is 1.23. The van der Waals surface area contributed by atoms with Gasteiger partial charge in [-0.2, -0.15) is 0 Å². The highest BCUT2D eigenvalue weighted by molar-refractivity contribution is 6.32. The fraction of sp³-hybridized carbons (Fsp3) is 0.364. The van der Waals surface area contributed by atoms with Crippen molar-refractivity contribution in [1.29, 1.82) is 0 Å². The molecule has 0 aromatic heterocycles. The molecule has 0 radical (unpaired) electrons. The van der Waals surface area contributed by atoms with Crippen LogP contribution in [0.5, 0.6) is 5.75 Å². The molecule has 0 saturated carbocycles. The number of ether oxygens (including phenoxy) is 4. The van der Waals surface area contributed by atoms with Crippen LogP contribution in [0.2, 0.25) is 5.02 Å². The van der Waals surface area contributed by atoms with E-state index in [4.69, 9.17) is 25.8 Å². The molecule has 0 aliphatic rings. The molecule has 1 rings (SSSR count). The van der Waals surface area contributed by atoms with Crippen molar-refractivity contribution in [2.45, 2.75) is 0 Å². The smallest absolute Gasteiger partial charge is 0.340 e. The number of carbonyl (C=O) groups excluding carboxylic acids is 1. The van der Waals surface area contributed by atoms with Gasteiger partial charge in [0.25, 0.3) is 0 Å². The van der Waals surface area contributed by atoms with Gasteiger partial charge in [0.1, 0.15) is 5.75 Å². The van der Waals surface area contributed by atoms with E-state index in [-0.39, 0.29) is 13.6 Å². The molecule has 94 valence electrons. The van der Waals surface area contributed by atoms with Gasteiger partial charge < -0.3 is 18.9 Å². The summed E-state index contributed by atoms with van der Waals surface area (Å²) >= 11 is 5.88. The minimum absolute atomic E-state index is 0.0519. The van der Waals surface area contributed by atoms with Gasteiger partial charge in [0.05, 0.1) is 10.6 Å². The van der Waals surface area contributed by atoms with E-state index in [2.05, 4.69) is 4.74 Å². The van der Waals surface area contributed by atoms with Gasteiger partial charge in [-0.25, -0.2) is 4.79 Å². The number of rotatable bonds is 6. The first-order valence-corrected chi connectivity index (χ1v) is 5.14. The van der Waals surface area contributed by atoms with Crippen molar-refractivity contribution in [3.8, 4) is 5.75 Å². The molecule has 0 amide bonds. The summed E-state index contributed by atoms with van der Waals surface area (Å²) in [5.74, 6) is -0.147. The summed E-state index contributed by atoms with van der Waals surface area (Å²) in [5, 5.41) is 0.394. The Morgan fingerprint density at radius 1 is 1.24 bits per heavy atom. The standard InChI is InChI=1S/C11H13ClO5/c1-14-6-16-10-5-8(3-4-9(10)12)11(13)17-7-15-2/h3-5H,6-7H2,1-2H3. The lowest BCUT2D eigenvalue weighted by Gasteiger charge is -2.08. The van der Waals surface area contributed by atoms with Crippen LogP contribution in [-0.2, 0) is 14.2 Å². The number of esters is 1. The van der Waals surface area contributed by atoms with Crippen molar-refractivity contribution < 1.29 is 23.7 Å². The van der Waals surface area contributed by atoms with E-state index in [1.165, 1.54) is 20.3 Å². The monoisotopic (exact) mass is 260 g/mol. The van der Waals surface area contributed by atoms with Gasteiger partial charge in [-0.1, -0.05) is 11.6 Å². The number of carbonyl (C=O) groups is 1. The number of halogens is 1. The summed E-state index contributed by atoms with van der Waals surface area (Å²) in [6, 6.07) is 4.58. The van der Waals surface area contributed by atoms with Gasteiger partial charge in [0.15, 0.2) is 13.6 Å². The van der Waals surface area contributed by atoms with Gasteiger partial charge in [-0.05, 0) is 18.2 Å². The van der Waals surface area contributed by atoms with Crippen LogP contribution in [0.4, 0.5) is 0 Å². The molecule has 0 fully saturated rings. The van der Waals surface area contributed by atoms with Crippen LogP contribution >= 0.6 is 11.6 Å². The summed E-state index contributed by atoms with van der Waals surface area (Å²) in [5.41, 5.74) is 0.331. The molecule has 17 heavy (non-hydrogen) atoms. The predicted octanol–water partition coefficient (Wildman–Crippen LogP) is 2.08. The van der Waals surface area contributed by atoms with Crippen LogP contribution in [0.1, 0.15) is 10.4 Å². The van der Waals surface area contributed by atoms with E-state index in [1.54, 1.807) is 12.1 Å². The zero-order chi connectivity index (χ0) is 12.7. The van der Waals surface area contributed by atoms with Crippen LogP contribution in [-0.4, -0.2) is 33.8 Å². The molecule has 0 N–H and O–H groups in total. The normalized spacial score (nSPS) is 10.1. The topological polar surface area (TPSA) is 54.0 Å². The Labute approximate surface area is 104 Å². The van der Waals surface area contributed by atoms with Gasteiger partial charge in [-0.3, -0.25) is 0 Å². The maximum atomic E-state index is 11.5.